The smallest absolute Gasteiger partial charge is 0.419 e. The van der Waals surface area contributed by atoms with Crippen molar-refractivity contribution in [1.82, 2.24) is 15.1 Å². The molecule has 0 bridgehead atoms. The van der Waals surface area contributed by atoms with Gasteiger partial charge in [0.05, 0.1) is 11.5 Å². The first-order valence-electron chi connectivity index (χ1n) is 12.2. The third-order valence-corrected chi connectivity index (χ3v) is 7.07. The van der Waals surface area contributed by atoms with Crippen molar-refractivity contribution in [1.29, 1.82) is 5.26 Å². The van der Waals surface area contributed by atoms with E-state index < -0.39 is 58.9 Å². The molecule has 2 aromatic carbocycles. The Balaban J connectivity index is 1.33. The molecule has 9 nitrogen and oxygen atoms in total. The average molecular weight is 548 g/mol. The number of piperidine rings is 1. The molecule has 2 fully saturated rings. The molecule has 2 aliphatic rings. The van der Waals surface area contributed by atoms with E-state index in [0.717, 1.165) is 30.3 Å². The zero-order valence-corrected chi connectivity index (χ0v) is 20.6. The van der Waals surface area contributed by atoms with Crippen LogP contribution in [0.25, 0.3) is 0 Å². The summed E-state index contributed by atoms with van der Waals surface area (Å²) in [5, 5.41) is 12.3. The molecule has 2 atom stereocenters. The third-order valence-electron chi connectivity index (χ3n) is 7.07. The molecule has 4 amide bonds. The minimum Gasteiger partial charge on any atom is -0.433 e. The Kier molecular flexibility index (Phi) is 8.06. The second kappa shape index (κ2) is 11.3. The molecular weight excluding hydrogens is 522 g/mol. The van der Waals surface area contributed by atoms with Gasteiger partial charge in [0.1, 0.15) is 17.7 Å². The van der Waals surface area contributed by atoms with E-state index in [0.29, 0.717) is 43.8 Å². The van der Waals surface area contributed by atoms with Crippen LogP contribution < -0.4 is 11.1 Å². The summed E-state index contributed by atoms with van der Waals surface area (Å²) in [5.41, 5.74) is 4.35. The minimum absolute atomic E-state index is 0.0504. The molecule has 206 valence electrons. The van der Waals surface area contributed by atoms with Crippen molar-refractivity contribution < 1.29 is 36.7 Å². The van der Waals surface area contributed by atoms with Crippen LogP contribution in [-0.4, -0.2) is 60.1 Å². The molecule has 0 saturated carbocycles. The van der Waals surface area contributed by atoms with Crippen molar-refractivity contribution >= 4 is 18.0 Å². The number of benzene rings is 2. The van der Waals surface area contributed by atoms with Gasteiger partial charge in [0, 0.05) is 18.2 Å². The lowest BCUT2D eigenvalue weighted by atomic mass is 9.73. The Morgan fingerprint density at radius 2 is 1.79 bits per heavy atom. The monoisotopic (exact) mass is 547 g/mol. The quantitative estimate of drug-likeness (QED) is 0.405. The van der Waals surface area contributed by atoms with Crippen molar-refractivity contribution in [3.8, 4) is 6.07 Å². The van der Waals surface area contributed by atoms with Crippen LogP contribution in [0.5, 0.6) is 0 Å². The molecule has 39 heavy (non-hydrogen) atoms. The summed E-state index contributed by atoms with van der Waals surface area (Å²) in [4.78, 5) is 39.7. The Morgan fingerprint density at radius 1 is 1.08 bits per heavy atom. The van der Waals surface area contributed by atoms with Crippen molar-refractivity contribution in [2.45, 2.75) is 36.8 Å². The fourth-order valence-electron chi connectivity index (χ4n) is 4.98. The number of carbonyl (C=O) groups excluding carboxylic acids is 3. The first-order chi connectivity index (χ1) is 18.6. The summed E-state index contributed by atoms with van der Waals surface area (Å²) in [5.74, 6) is -4.92. The molecule has 0 aromatic heterocycles. The van der Waals surface area contributed by atoms with Gasteiger partial charge in [-0.3, -0.25) is 4.79 Å². The number of nitrogens with two attached hydrogens (primary N) is 1. The number of hydrogen-bond acceptors (Lipinski definition) is 6. The highest BCUT2D eigenvalue weighted by Gasteiger charge is 2.49. The van der Waals surface area contributed by atoms with E-state index in [-0.39, 0.29) is 17.7 Å². The fraction of sp³-hybridized carbons (Fsp3) is 0.385. The Morgan fingerprint density at radius 3 is 2.41 bits per heavy atom. The Labute approximate surface area is 221 Å². The van der Waals surface area contributed by atoms with Gasteiger partial charge in [-0.05, 0) is 62.7 Å². The number of carbonyl (C=O) groups is 3. The van der Waals surface area contributed by atoms with Gasteiger partial charge in [-0.2, -0.15) is 5.26 Å². The number of urea groups is 1. The number of imide groups is 1. The summed E-state index contributed by atoms with van der Waals surface area (Å²) in [6, 6.07) is 5.77. The molecule has 3 N–H and O–H groups in total. The molecule has 2 saturated heterocycles. The predicted octanol–water partition coefficient (Wildman–Crippen LogP) is 3.25. The number of primary amides is 1. The molecule has 2 aliphatic heterocycles. The van der Waals surface area contributed by atoms with Crippen LogP contribution >= 0.6 is 0 Å². The van der Waals surface area contributed by atoms with Gasteiger partial charge < -0.3 is 20.7 Å². The number of nitrogens with zero attached hydrogens (tertiary/aromatic N) is 3. The number of cyclic esters (lactones) is 1. The number of nitriles is 1. The second-order valence-corrected chi connectivity index (χ2v) is 9.44. The summed E-state index contributed by atoms with van der Waals surface area (Å²) >= 11 is 0. The van der Waals surface area contributed by atoms with Gasteiger partial charge in [0.2, 0.25) is 6.10 Å². The molecule has 2 aromatic rings. The highest BCUT2D eigenvalue weighted by atomic mass is 19.2. The van der Waals surface area contributed by atoms with E-state index in [1.807, 2.05) is 4.90 Å². The molecule has 2 unspecified atom stereocenters. The van der Waals surface area contributed by atoms with Gasteiger partial charge in [0.25, 0.3) is 5.91 Å². The number of rotatable bonds is 7. The van der Waals surface area contributed by atoms with Crippen LogP contribution in [0, 0.1) is 34.6 Å². The normalized spacial score (nSPS) is 20.8. The van der Waals surface area contributed by atoms with Crippen molar-refractivity contribution in [2.24, 2.45) is 5.73 Å². The number of ether oxygens (including phenoxy) is 1. The molecule has 4 rings (SSSR count). The number of hydrogen-bond donors (Lipinski definition) is 2. The molecule has 0 aliphatic carbocycles. The second-order valence-electron chi connectivity index (χ2n) is 9.44. The van der Waals surface area contributed by atoms with Gasteiger partial charge in [0.15, 0.2) is 11.6 Å². The van der Waals surface area contributed by atoms with Crippen molar-refractivity contribution in [3.63, 3.8) is 0 Å². The SMILES string of the molecule is N#CC1(c2ccc(F)cc2F)CCN(CCCNC(=O)N2C(=O)OC(C(N)=O)C2c2ccc(F)c(F)c2)CC1. The first kappa shape index (κ1) is 27.8. The molecule has 13 heteroatoms. The average Bonchev–Trinajstić information content (AvgIpc) is 3.26. The van der Waals surface area contributed by atoms with E-state index in [1.54, 1.807) is 0 Å². The summed E-state index contributed by atoms with van der Waals surface area (Å²) < 4.78 is 59.8. The zero-order chi connectivity index (χ0) is 28.3. The number of nitrogens with one attached hydrogen (secondary N) is 1. The topological polar surface area (TPSA) is 129 Å². The summed E-state index contributed by atoms with van der Waals surface area (Å²) in [6.07, 6.45) is -1.64. The van der Waals surface area contributed by atoms with Gasteiger partial charge >= 0.3 is 12.1 Å². The fourth-order valence-corrected chi connectivity index (χ4v) is 4.98. The van der Waals surface area contributed by atoms with Crippen LogP contribution in [0.1, 0.15) is 36.4 Å². The van der Waals surface area contributed by atoms with E-state index in [9.17, 15) is 37.2 Å². The molecule has 2 heterocycles. The minimum atomic E-state index is -1.59. The lowest BCUT2D eigenvalue weighted by Gasteiger charge is -2.37. The van der Waals surface area contributed by atoms with Crippen molar-refractivity contribution in [2.75, 3.05) is 26.2 Å². The lowest BCUT2D eigenvalue weighted by molar-refractivity contribution is -0.125. The maximum Gasteiger partial charge on any atom is 0.419 e. The molecule has 0 spiro atoms. The number of amides is 4. The summed E-state index contributed by atoms with van der Waals surface area (Å²) in [6.45, 7) is 1.56. The third kappa shape index (κ3) is 5.65. The maximum absolute atomic E-state index is 14.3. The highest BCUT2D eigenvalue weighted by molar-refractivity contribution is 5.96. The van der Waals surface area contributed by atoms with Crippen LogP contribution in [0.4, 0.5) is 27.2 Å². The van der Waals surface area contributed by atoms with E-state index in [4.69, 9.17) is 10.5 Å². The lowest BCUT2D eigenvalue weighted by Crippen LogP contribution is -2.45. The number of halogens is 4. The van der Waals surface area contributed by atoms with E-state index in [2.05, 4.69) is 11.4 Å². The van der Waals surface area contributed by atoms with Crippen molar-refractivity contribution in [3.05, 3.63) is 70.8 Å². The largest absolute Gasteiger partial charge is 0.433 e. The Bertz CT molecular complexity index is 1330. The van der Waals surface area contributed by atoms with E-state index >= 15 is 0 Å². The number of likely N-dealkylation sites (tertiary alicyclic amines) is 1. The van der Waals surface area contributed by atoms with Crippen LogP contribution in [0.3, 0.4) is 0 Å². The van der Waals surface area contributed by atoms with Crippen LogP contribution in [0.2, 0.25) is 0 Å². The van der Waals surface area contributed by atoms with Crippen LogP contribution in [0.15, 0.2) is 36.4 Å². The van der Waals surface area contributed by atoms with Gasteiger partial charge in [-0.1, -0.05) is 12.1 Å². The standard InChI is InChI=1S/C26H25F4N5O4/c27-16-3-4-17(19(29)13-16)26(14-31)6-10-34(11-7-26)9-1-8-33-24(37)35-21(22(23(32)36)39-25(35)38)15-2-5-18(28)20(30)12-15/h2-5,12-13,21-22H,1,6-11H2,(H2,32,36)(H,33,37). The van der Waals surface area contributed by atoms with E-state index in [1.165, 1.54) is 6.07 Å². The van der Waals surface area contributed by atoms with Gasteiger partial charge in [-0.15, -0.1) is 0 Å². The van der Waals surface area contributed by atoms with Crippen LogP contribution in [-0.2, 0) is 14.9 Å². The summed E-state index contributed by atoms with van der Waals surface area (Å²) in [7, 11) is 0. The van der Waals surface area contributed by atoms with Gasteiger partial charge in [-0.25, -0.2) is 32.1 Å². The zero-order valence-electron chi connectivity index (χ0n) is 20.6. The highest BCUT2D eigenvalue weighted by Crippen LogP contribution is 2.37. The molecule has 0 radical (unpaired) electrons. The predicted molar refractivity (Wildman–Crippen MR) is 128 cm³/mol. The first-order valence-corrected chi connectivity index (χ1v) is 12.2. The Hall–Kier alpha value is -4.18. The maximum atomic E-state index is 14.3. The molecular formula is C26H25F4N5O4.